The molecular weight excluding hydrogens is 266 g/mol. The minimum Gasteiger partial charge on any atom is -0.478 e. The van der Waals surface area contributed by atoms with Crippen LogP contribution in [-0.2, 0) is 4.79 Å². The predicted molar refractivity (Wildman–Crippen MR) is 82.2 cm³/mol. The van der Waals surface area contributed by atoms with Crippen molar-refractivity contribution in [3.05, 3.63) is 71.3 Å². The second-order valence-corrected chi connectivity index (χ2v) is 4.56. The maximum absolute atomic E-state index is 11.8. The number of rotatable bonds is 4. The number of amides is 1. The number of hydrogen-bond donors (Lipinski definition) is 2. The van der Waals surface area contributed by atoms with Gasteiger partial charge in [-0.25, -0.2) is 4.79 Å². The minimum absolute atomic E-state index is 0.184. The summed E-state index contributed by atoms with van der Waals surface area (Å²) in [6.07, 6.45) is 3.20. The first-order valence-electron chi connectivity index (χ1n) is 6.44. The van der Waals surface area contributed by atoms with Gasteiger partial charge in [-0.2, -0.15) is 0 Å². The van der Waals surface area contributed by atoms with Crippen LogP contribution >= 0.6 is 0 Å². The van der Waals surface area contributed by atoms with Crippen molar-refractivity contribution in [1.82, 2.24) is 0 Å². The third-order valence-electron chi connectivity index (χ3n) is 3.00. The Labute approximate surface area is 122 Å². The molecule has 4 nitrogen and oxygen atoms in total. The van der Waals surface area contributed by atoms with E-state index in [1.807, 2.05) is 31.2 Å². The fourth-order valence-electron chi connectivity index (χ4n) is 1.82. The highest BCUT2D eigenvalue weighted by atomic mass is 16.4. The standard InChI is InChI=1S/C17H15NO3/c1-12-4-2-3-5-13(12)8-11-16(19)18-15-9-6-14(7-10-15)17(20)21/h2-11H,1H3,(H,18,19)(H,20,21)/b11-8+. The average molecular weight is 281 g/mol. The molecule has 4 heteroatoms. The van der Waals surface area contributed by atoms with E-state index in [0.717, 1.165) is 11.1 Å². The van der Waals surface area contributed by atoms with Gasteiger partial charge in [0.15, 0.2) is 0 Å². The van der Waals surface area contributed by atoms with Crippen molar-refractivity contribution in [1.29, 1.82) is 0 Å². The summed E-state index contributed by atoms with van der Waals surface area (Å²) in [5.41, 5.74) is 2.81. The van der Waals surface area contributed by atoms with E-state index in [0.29, 0.717) is 5.69 Å². The van der Waals surface area contributed by atoms with Crippen LogP contribution in [0, 0.1) is 6.92 Å². The number of carbonyl (C=O) groups excluding carboxylic acids is 1. The summed E-state index contributed by atoms with van der Waals surface area (Å²) in [5, 5.41) is 11.5. The zero-order chi connectivity index (χ0) is 15.2. The number of anilines is 1. The van der Waals surface area contributed by atoms with Crippen molar-refractivity contribution in [2.45, 2.75) is 6.92 Å². The van der Waals surface area contributed by atoms with Gasteiger partial charge in [-0.15, -0.1) is 0 Å². The molecule has 0 spiro atoms. The van der Waals surface area contributed by atoms with Gasteiger partial charge < -0.3 is 10.4 Å². The molecule has 0 aliphatic rings. The SMILES string of the molecule is Cc1ccccc1/C=C/C(=O)Nc1ccc(C(=O)O)cc1. The first kappa shape index (κ1) is 14.5. The molecular formula is C17H15NO3. The van der Waals surface area contributed by atoms with Gasteiger partial charge in [-0.3, -0.25) is 4.79 Å². The second kappa shape index (κ2) is 6.52. The van der Waals surface area contributed by atoms with E-state index in [9.17, 15) is 9.59 Å². The van der Waals surface area contributed by atoms with E-state index >= 15 is 0 Å². The molecule has 0 heterocycles. The number of benzene rings is 2. The molecule has 21 heavy (non-hydrogen) atoms. The lowest BCUT2D eigenvalue weighted by molar-refractivity contribution is -0.111. The number of carboxylic acid groups (broad SMARTS) is 1. The monoisotopic (exact) mass is 281 g/mol. The normalized spacial score (nSPS) is 10.5. The molecule has 2 aromatic rings. The van der Waals surface area contributed by atoms with Crippen LogP contribution < -0.4 is 5.32 Å². The molecule has 0 aliphatic heterocycles. The molecule has 2 aromatic carbocycles. The van der Waals surface area contributed by atoms with E-state index in [4.69, 9.17) is 5.11 Å². The van der Waals surface area contributed by atoms with E-state index in [1.165, 1.54) is 18.2 Å². The van der Waals surface area contributed by atoms with Crippen LogP contribution in [0.15, 0.2) is 54.6 Å². The quantitative estimate of drug-likeness (QED) is 0.845. The van der Waals surface area contributed by atoms with Crippen LogP contribution in [0.1, 0.15) is 21.5 Å². The third-order valence-corrected chi connectivity index (χ3v) is 3.00. The zero-order valence-electron chi connectivity index (χ0n) is 11.5. The van der Waals surface area contributed by atoms with Gasteiger partial charge in [0.1, 0.15) is 0 Å². The Bertz CT molecular complexity index is 687. The van der Waals surface area contributed by atoms with E-state index in [2.05, 4.69) is 5.32 Å². The van der Waals surface area contributed by atoms with Crippen molar-refractivity contribution >= 4 is 23.6 Å². The third kappa shape index (κ3) is 4.04. The number of aryl methyl sites for hydroxylation is 1. The van der Waals surface area contributed by atoms with Gasteiger partial charge >= 0.3 is 5.97 Å². The second-order valence-electron chi connectivity index (χ2n) is 4.56. The number of aromatic carboxylic acids is 1. The Balaban J connectivity index is 2.02. The molecule has 0 aliphatic carbocycles. The minimum atomic E-state index is -0.993. The topological polar surface area (TPSA) is 66.4 Å². The Morgan fingerprint density at radius 3 is 2.33 bits per heavy atom. The van der Waals surface area contributed by atoms with Crippen molar-refractivity contribution in [2.75, 3.05) is 5.32 Å². The van der Waals surface area contributed by atoms with Crippen molar-refractivity contribution < 1.29 is 14.7 Å². The molecule has 0 saturated carbocycles. The van der Waals surface area contributed by atoms with Gasteiger partial charge in [0.2, 0.25) is 5.91 Å². The molecule has 106 valence electrons. The Hall–Kier alpha value is -2.88. The first-order valence-corrected chi connectivity index (χ1v) is 6.44. The lowest BCUT2D eigenvalue weighted by Gasteiger charge is -2.03. The van der Waals surface area contributed by atoms with Crippen LogP contribution in [0.4, 0.5) is 5.69 Å². The maximum atomic E-state index is 11.8. The highest BCUT2D eigenvalue weighted by Gasteiger charge is 2.03. The Morgan fingerprint density at radius 2 is 1.71 bits per heavy atom. The fraction of sp³-hybridized carbons (Fsp3) is 0.0588. The Kier molecular flexibility index (Phi) is 4.51. The smallest absolute Gasteiger partial charge is 0.335 e. The molecule has 0 saturated heterocycles. The maximum Gasteiger partial charge on any atom is 0.335 e. The summed E-state index contributed by atoms with van der Waals surface area (Å²) in [6.45, 7) is 1.97. The molecule has 1 amide bonds. The molecule has 0 aromatic heterocycles. The van der Waals surface area contributed by atoms with Gasteiger partial charge in [-0.05, 0) is 48.4 Å². The lowest BCUT2D eigenvalue weighted by atomic mass is 10.1. The van der Waals surface area contributed by atoms with E-state index < -0.39 is 5.97 Å². The van der Waals surface area contributed by atoms with Crippen molar-refractivity contribution in [3.63, 3.8) is 0 Å². The molecule has 2 N–H and O–H groups in total. The molecule has 0 atom stereocenters. The first-order chi connectivity index (χ1) is 10.1. The van der Waals surface area contributed by atoms with E-state index in [-0.39, 0.29) is 11.5 Å². The van der Waals surface area contributed by atoms with Crippen LogP contribution in [0.3, 0.4) is 0 Å². The number of hydrogen-bond acceptors (Lipinski definition) is 2. The number of carboxylic acids is 1. The van der Waals surface area contributed by atoms with E-state index in [1.54, 1.807) is 18.2 Å². The summed E-state index contributed by atoms with van der Waals surface area (Å²) in [5.74, 6) is -1.26. The highest BCUT2D eigenvalue weighted by Crippen LogP contribution is 2.11. The molecule has 0 fully saturated rings. The molecule has 0 radical (unpaired) electrons. The Morgan fingerprint density at radius 1 is 1.05 bits per heavy atom. The van der Waals surface area contributed by atoms with Gasteiger partial charge in [0.05, 0.1) is 5.56 Å². The van der Waals surface area contributed by atoms with Crippen LogP contribution in [-0.4, -0.2) is 17.0 Å². The average Bonchev–Trinajstić information content (AvgIpc) is 2.47. The van der Waals surface area contributed by atoms with Crippen molar-refractivity contribution in [3.8, 4) is 0 Å². The summed E-state index contributed by atoms with van der Waals surface area (Å²) in [6, 6.07) is 13.8. The summed E-state index contributed by atoms with van der Waals surface area (Å²) in [7, 11) is 0. The fourth-order valence-corrected chi connectivity index (χ4v) is 1.82. The van der Waals surface area contributed by atoms with Gasteiger partial charge in [0.25, 0.3) is 0 Å². The summed E-state index contributed by atoms with van der Waals surface area (Å²) in [4.78, 5) is 22.5. The largest absolute Gasteiger partial charge is 0.478 e. The van der Waals surface area contributed by atoms with Crippen LogP contribution in [0.5, 0.6) is 0 Å². The van der Waals surface area contributed by atoms with Gasteiger partial charge in [-0.1, -0.05) is 24.3 Å². The number of carbonyl (C=O) groups is 2. The van der Waals surface area contributed by atoms with Crippen LogP contribution in [0.2, 0.25) is 0 Å². The molecule has 0 unspecified atom stereocenters. The van der Waals surface area contributed by atoms with Gasteiger partial charge in [0, 0.05) is 11.8 Å². The zero-order valence-corrected chi connectivity index (χ0v) is 11.5. The lowest BCUT2D eigenvalue weighted by Crippen LogP contribution is -2.08. The number of nitrogens with one attached hydrogen (secondary N) is 1. The summed E-state index contributed by atoms with van der Waals surface area (Å²) >= 11 is 0. The van der Waals surface area contributed by atoms with Crippen LogP contribution in [0.25, 0.3) is 6.08 Å². The molecule has 2 rings (SSSR count). The highest BCUT2D eigenvalue weighted by molar-refractivity contribution is 6.02. The summed E-state index contributed by atoms with van der Waals surface area (Å²) < 4.78 is 0. The predicted octanol–water partition coefficient (Wildman–Crippen LogP) is 3.35. The van der Waals surface area contributed by atoms with Crippen molar-refractivity contribution in [2.24, 2.45) is 0 Å². The molecule has 0 bridgehead atoms.